The molecule has 1 aliphatic carbocycles. The Labute approximate surface area is 101 Å². The molecule has 2 N–H and O–H groups in total. The lowest BCUT2D eigenvalue weighted by molar-refractivity contribution is 0.748. The van der Waals surface area contributed by atoms with Crippen molar-refractivity contribution in [2.45, 2.75) is 25.7 Å². The van der Waals surface area contributed by atoms with Gasteiger partial charge in [-0.3, -0.25) is 9.97 Å². The number of anilines is 1. The summed E-state index contributed by atoms with van der Waals surface area (Å²) < 4.78 is 0. The minimum absolute atomic E-state index is 0.270. The molecule has 3 nitrogen and oxygen atoms in total. The third kappa shape index (κ3) is 1.58. The maximum Gasteiger partial charge on any atom is 0.0725 e. The first-order chi connectivity index (χ1) is 8.27. The fourth-order valence-corrected chi connectivity index (χ4v) is 2.55. The van der Waals surface area contributed by atoms with E-state index in [1.54, 1.807) is 0 Å². The van der Waals surface area contributed by atoms with E-state index in [4.69, 9.17) is 5.73 Å². The SMILES string of the molecule is Cc1ccnc(C2CCc3cccnc32)c1N. The van der Waals surface area contributed by atoms with Gasteiger partial charge in [0, 0.05) is 18.3 Å². The highest BCUT2D eigenvalue weighted by atomic mass is 14.8. The van der Waals surface area contributed by atoms with Gasteiger partial charge in [-0.1, -0.05) is 6.07 Å². The number of hydrogen-bond donors (Lipinski definition) is 1. The van der Waals surface area contributed by atoms with Crippen LogP contribution in [0.1, 0.15) is 34.9 Å². The van der Waals surface area contributed by atoms with Crippen LogP contribution in [0.5, 0.6) is 0 Å². The monoisotopic (exact) mass is 225 g/mol. The third-order valence-electron chi connectivity index (χ3n) is 3.53. The molecule has 0 aliphatic heterocycles. The molecule has 0 amide bonds. The fourth-order valence-electron chi connectivity index (χ4n) is 2.55. The van der Waals surface area contributed by atoms with Crippen LogP contribution < -0.4 is 5.73 Å². The molecule has 2 aromatic heterocycles. The number of aryl methyl sites for hydroxylation is 2. The summed E-state index contributed by atoms with van der Waals surface area (Å²) in [6, 6.07) is 6.09. The van der Waals surface area contributed by atoms with E-state index in [0.29, 0.717) is 0 Å². The normalized spacial score (nSPS) is 18.1. The van der Waals surface area contributed by atoms with E-state index in [1.807, 2.05) is 31.5 Å². The maximum absolute atomic E-state index is 6.13. The van der Waals surface area contributed by atoms with E-state index in [9.17, 15) is 0 Å². The van der Waals surface area contributed by atoms with Crippen LogP contribution in [0.15, 0.2) is 30.6 Å². The van der Waals surface area contributed by atoms with Crippen molar-refractivity contribution in [1.29, 1.82) is 0 Å². The number of rotatable bonds is 1. The number of nitrogen functional groups attached to an aromatic ring is 1. The molecule has 0 bridgehead atoms. The Bertz CT molecular complexity index is 563. The molecule has 0 spiro atoms. The molecule has 0 fully saturated rings. The Hall–Kier alpha value is -1.90. The first-order valence-electron chi connectivity index (χ1n) is 5.92. The van der Waals surface area contributed by atoms with Gasteiger partial charge in [0.15, 0.2) is 0 Å². The van der Waals surface area contributed by atoms with Crippen LogP contribution in [-0.2, 0) is 6.42 Å². The number of pyridine rings is 2. The van der Waals surface area contributed by atoms with Crippen molar-refractivity contribution in [3.8, 4) is 0 Å². The highest BCUT2D eigenvalue weighted by Gasteiger charge is 2.27. The topological polar surface area (TPSA) is 51.8 Å². The third-order valence-corrected chi connectivity index (χ3v) is 3.53. The highest BCUT2D eigenvalue weighted by molar-refractivity contribution is 5.54. The zero-order valence-electron chi connectivity index (χ0n) is 9.85. The van der Waals surface area contributed by atoms with Crippen LogP contribution in [-0.4, -0.2) is 9.97 Å². The van der Waals surface area contributed by atoms with Gasteiger partial charge in [0.05, 0.1) is 17.1 Å². The van der Waals surface area contributed by atoms with Gasteiger partial charge in [0.1, 0.15) is 0 Å². The molecule has 0 saturated heterocycles. The summed E-state index contributed by atoms with van der Waals surface area (Å²) >= 11 is 0. The fraction of sp³-hybridized carbons (Fsp3) is 0.286. The average molecular weight is 225 g/mol. The summed E-state index contributed by atoms with van der Waals surface area (Å²) in [6.07, 6.45) is 5.82. The van der Waals surface area contributed by atoms with Gasteiger partial charge in [-0.25, -0.2) is 0 Å². The molecule has 0 aromatic carbocycles. The molecule has 1 unspecified atom stereocenters. The lowest BCUT2D eigenvalue weighted by atomic mass is 9.99. The van der Waals surface area contributed by atoms with E-state index < -0.39 is 0 Å². The second-order valence-electron chi connectivity index (χ2n) is 4.57. The van der Waals surface area contributed by atoms with Crippen molar-refractivity contribution in [3.63, 3.8) is 0 Å². The van der Waals surface area contributed by atoms with Gasteiger partial charge in [-0.15, -0.1) is 0 Å². The Morgan fingerprint density at radius 2 is 2.00 bits per heavy atom. The van der Waals surface area contributed by atoms with Crippen molar-refractivity contribution in [2.75, 3.05) is 5.73 Å². The summed E-state index contributed by atoms with van der Waals surface area (Å²) in [5, 5.41) is 0. The quantitative estimate of drug-likeness (QED) is 0.811. The van der Waals surface area contributed by atoms with E-state index in [0.717, 1.165) is 35.5 Å². The summed E-state index contributed by atoms with van der Waals surface area (Å²) in [5.74, 6) is 0.270. The Morgan fingerprint density at radius 3 is 2.88 bits per heavy atom. The zero-order chi connectivity index (χ0) is 11.8. The number of nitrogens with two attached hydrogens (primary N) is 1. The number of nitrogens with zero attached hydrogens (tertiary/aromatic N) is 2. The molecule has 2 heterocycles. The lowest BCUT2D eigenvalue weighted by Crippen LogP contribution is -2.06. The van der Waals surface area contributed by atoms with Gasteiger partial charge in [0.25, 0.3) is 0 Å². The Morgan fingerprint density at radius 1 is 1.18 bits per heavy atom. The summed E-state index contributed by atoms with van der Waals surface area (Å²) in [6.45, 7) is 2.02. The molecule has 17 heavy (non-hydrogen) atoms. The minimum atomic E-state index is 0.270. The predicted molar refractivity (Wildman–Crippen MR) is 67.8 cm³/mol. The van der Waals surface area contributed by atoms with Crippen LogP contribution in [0.4, 0.5) is 5.69 Å². The van der Waals surface area contributed by atoms with Crippen LogP contribution >= 0.6 is 0 Å². The van der Waals surface area contributed by atoms with Crippen LogP contribution in [0.25, 0.3) is 0 Å². The predicted octanol–water partition coefficient (Wildman–Crippen LogP) is 2.45. The van der Waals surface area contributed by atoms with Gasteiger partial charge in [-0.05, 0) is 43.0 Å². The van der Waals surface area contributed by atoms with Crippen molar-refractivity contribution < 1.29 is 0 Å². The minimum Gasteiger partial charge on any atom is -0.397 e. The van der Waals surface area contributed by atoms with E-state index in [2.05, 4.69) is 16.0 Å². The van der Waals surface area contributed by atoms with Crippen LogP contribution in [0.2, 0.25) is 0 Å². The van der Waals surface area contributed by atoms with E-state index >= 15 is 0 Å². The van der Waals surface area contributed by atoms with E-state index in [1.165, 1.54) is 5.56 Å². The maximum atomic E-state index is 6.13. The summed E-state index contributed by atoms with van der Waals surface area (Å²) in [5.41, 5.74) is 11.5. The second-order valence-corrected chi connectivity index (χ2v) is 4.57. The van der Waals surface area contributed by atoms with E-state index in [-0.39, 0.29) is 5.92 Å². The van der Waals surface area contributed by atoms with Gasteiger partial charge >= 0.3 is 0 Å². The van der Waals surface area contributed by atoms with Crippen molar-refractivity contribution in [3.05, 3.63) is 53.1 Å². The Balaban J connectivity index is 2.10. The molecule has 0 saturated carbocycles. The average Bonchev–Trinajstić information content (AvgIpc) is 2.77. The molecule has 1 atom stereocenters. The molecule has 2 aromatic rings. The highest BCUT2D eigenvalue weighted by Crippen LogP contribution is 2.38. The molecular weight excluding hydrogens is 210 g/mol. The molecule has 3 rings (SSSR count). The van der Waals surface area contributed by atoms with Crippen molar-refractivity contribution >= 4 is 5.69 Å². The second kappa shape index (κ2) is 3.84. The lowest BCUT2D eigenvalue weighted by Gasteiger charge is -2.13. The van der Waals surface area contributed by atoms with Gasteiger partial charge in [0.2, 0.25) is 0 Å². The smallest absolute Gasteiger partial charge is 0.0725 e. The summed E-state index contributed by atoms with van der Waals surface area (Å²) in [4.78, 5) is 8.95. The summed E-state index contributed by atoms with van der Waals surface area (Å²) in [7, 11) is 0. The van der Waals surface area contributed by atoms with Crippen LogP contribution in [0.3, 0.4) is 0 Å². The van der Waals surface area contributed by atoms with Gasteiger partial charge < -0.3 is 5.73 Å². The number of fused-ring (bicyclic) bond motifs is 1. The molecule has 86 valence electrons. The molecule has 3 heteroatoms. The largest absolute Gasteiger partial charge is 0.397 e. The first kappa shape index (κ1) is 10.3. The number of hydrogen-bond acceptors (Lipinski definition) is 3. The van der Waals surface area contributed by atoms with Crippen LogP contribution in [0, 0.1) is 6.92 Å². The molecule has 0 radical (unpaired) electrons. The standard InChI is InChI=1S/C14H15N3/c1-9-6-8-17-14(12(9)15)11-5-4-10-3-2-7-16-13(10)11/h2-3,6-8,11H,4-5,15H2,1H3. The first-order valence-corrected chi connectivity index (χ1v) is 5.92. The zero-order valence-corrected chi connectivity index (χ0v) is 9.85. The number of aromatic nitrogens is 2. The Kier molecular flexibility index (Phi) is 2.32. The van der Waals surface area contributed by atoms with Crippen molar-refractivity contribution in [2.24, 2.45) is 0 Å². The van der Waals surface area contributed by atoms with Crippen molar-refractivity contribution in [1.82, 2.24) is 9.97 Å². The molecule has 1 aliphatic rings. The molecular formula is C14H15N3. The van der Waals surface area contributed by atoms with Gasteiger partial charge in [-0.2, -0.15) is 0 Å².